The predicted molar refractivity (Wildman–Crippen MR) is 528 cm³/mol. The minimum absolute atomic E-state index is 0.0352. The molecule has 0 aromatic heterocycles. The van der Waals surface area contributed by atoms with E-state index in [0.29, 0.717) is 52.4 Å². The van der Waals surface area contributed by atoms with Gasteiger partial charge < -0.3 is 75.1 Å². The zero-order valence-electron chi connectivity index (χ0n) is 78.8. The maximum Gasteiger partial charge on any atom is 0.408 e. The number of aliphatic hydroxyl groups excluding tert-OH is 3. The van der Waals surface area contributed by atoms with Crippen molar-refractivity contribution in [2.24, 2.45) is 0 Å². The van der Waals surface area contributed by atoms with Crippen LogP contribution in [0.3, 0.4) is 0 Å². The number of aliphatic hydroxyl groups is 3. The molecule has 0 radical (unpaired) electrons. The molecule has 0 saturated carbocycles. The first-order valence-electron chi connectivity index (χ1n) is 46.9. The number of fused-ring (bicyclic) bond motifs is 8. The topological polar surface area (TPSA) is 295 Å². The molecule has 704 valence electrons. The van der Waals surface area contributed by atoms with E-state index in [9.17, 15) is 53.7 Å². The molecule has 4 saturated heterocycles. The van der Waals surface area contributed by atoms with Crippen LogP contribution in [0.2, 0.25) is 0 Å². The summed E-state index contributed by atoms with van der Waals surface area (Å²) in [7, 11) is 0. The summed E-state index contributed by atoms with van der Waals surface area (Å²) in [5.74, 6) is -0.286. The molecule has 0 bridgehead atoms. The number of rotatable bonds is 15. The molecule has 23 nitrogen and oxygen atoms in total. The van der Waals surface area contributed by atoms with Crippen LogP contribution in [0.5, 0.6) is 0 Å². The number of amides is 8. The van der Waals surface area contributed by atoms with Gasteiger partial charge in [-0.1, -0.05) is 240 Å². The van der Waals surface area contributed by atoms with Gasteiger partial charge in [-0.2, -0.15) is 0 Å². The van der Waals surface area contributed by atoms with Crippen LogP contribution in [0.4, 0.5) is 19.2 Å². The highest BCUT2D eigenvalue weighted by molar-refractivity contribution is 7.99. The van der Waals surface area contributed by atoms with Gasteiger partial charge in [0.15, 0.2) is 0 Å². The number of likely N-dealkylation sites (tertiary alicyclic amines) is 4. The summed E-state index contributed by atoms with van der Waals surface area (Å²) >= 11 is 1.81. The molecule has 5 aliphatic heterocycles. The Morgan fingerprint density at radius 2 is 0.575 bits per heavy atom. The highest BCUT2D eigenvalue weighted by Crippen LogP contribution is 2.49. The van der Waals surface area contributed by atoms with Crippen LogP contribution >= 0.6 is 11.8 Å². The maximum absolute atomic E-state index is 13.0. The fraction of sp³-hybridized carbons (Fsp3) is 0.382. The van der Waals surface area contributed by atoms with E-state index < -0.39 is 59.3 Å². The number of ether oxygens (including phenoxy) is 4. The third-order valence-corrected chi connectivity index (χ3v) is 25.8. The van der Waals surface area contributed by atoms with Crippen LogP contribution in [0.1, 0.15) is 218 Å². The van der Waals surface area contributed by atoms with Crippen LogP contribution in [-0.2, 0) is 51.0 Å². The standard InChI is InChI=1S/C29H34N2O4.C27H32N2O4S.C27H30N2O4.C27H32N2O3/c1-29(2,3)35-28(34)30-23(19-32)18-26(33)31-16-14-22(15-17-31)27-24-10-6-4-8-20(24)12-13-21-9-5-7-11-25(21)27;1-27(2,3)33-26(32)28-19(17-30)16-24(31)29-14-12-18(13-15-29)25-20-8-4-6-10-22(20)34-23-11-7-5-9-21(23)25;1-2-33-27(32)28-22(18-30)17-25(31)29-15-13-21(14-16-29)26-23-9-5-3-7-19(23)11-12-20-8-4-6-10-24(20)26;1-27(2,3)32-26(31)28-18-24(30)29-16-14-21(15-17-29)25-22-10-6-4-8-19(22)12-13-20-9-5-7-11-23(20)25/h4-13,23,32H,14-19H2,1-3H3,(H,30,34);4-11,19,30H,12-17H2,1-3H3,(H,28,32);3-12,22,30H,2,13-18H2,1H3,(H,28,32);4-11H,12-18H2,1-3H3,(H,28,31). The highest BCUT2D eigenvalue weighted by Gasteiger charge is 2.35. The van der Waals surface area contributed by atoms with Gasteiger partial charge in [0, 0.05) is 81.4 Å². The Balaban J connectivity index is 0.000000152. The molecule has 4 fully saturated rings. The molecule has 5 heterocycles. The molecular weight excluding hydrogens is 1710 g/mol. The third-order valence-electron chi connectivity index (χ3n) is 24.6. The van der Waals surface area contributed by atoms with Crippen LogP contribution in [0, 0.1) is 0 Å². The van der Waals surface area contributed by atoms with Gasteiger partial charge in [0.1, 0.15) is 23.3 Å². The number of hydrogen-bond acceptors (Lipinski definition) is 16. The summed E-state index contributed by atoms with van der Waals surface area (Å²) in [6.07, 6.45) is 14.9. The zero-order chi connectivity index (χ0) is 95.2. The summed E-state index contributed by atoms with van der Waals surface area (Å²) in [4.78, 5) is 109. The lowest BCUT2D eigenvalue weighted by atomic mass is 9.86. The lowest BCUT2D eigenvalue weighted by molar-refractivity contribution is -0.133. The molecule has 8 aromatic rings. The van der Waals surface area contributed by atoms with Crippen molar-refractivity contribution in [3.8, 4) is 0 Å². The van der Waals surface area contributed by atoms with Gasteiger partial charge in [0.2, 0.25) is 23.6 Å². The Bertz CT molecular complexity index is 5560. The molecule has 16 rings (SSSR count). The maximum atomic E-state index is 13.0. The zero-order valence-corrected chi connectivity index (χ0v) is 79.7. The largest absolute Gasteiger partial charge is 0.450 e. The van der Waals surface area contributed by atoms with Crippen molar-refractivity contribution < 1.29 is 72.6 Å². The van der Waals surface area contributed by atoms with E-state index in [4.69, 9.17) is 18.9 Å². The lowest BCUT2D eigenvalue weighted by Crippen LogP contribution is -2.45. The molecule has 0 spiro atoms. The Labute approximate surface area is 792 Å². The summed E-state index contributed by atoms with van der Waals surface area (Å²) < 4.78 is 20.6. The molecule has 8 aliphatic rings. The number of nitrogens with zero attached hydrogens (tertiary/aromatic N) is 4. The van der Waals surface area contributed by atoms with Crippen LogP contribution < -0.4 is 21.3 Å². The van der Waals surface area contributed by atoms with Gasteiger partial charge in [-0.15, -0.1) is 0 Å². The van der Waals surface area contributed by atoms with Crippen molar-refractivity contribution in [3.63, 3.8) is 0 Å². The van der Waals surface area contributed by atoms with E-state index in [1.165, 1.54) is 132 Å². The van der Waals surface area contributed by atoms with Crippen molar-refractivity contribution >= 4 is 106 Å². The lowest BCUT2D eigenvalue weighted by Gasteiger charge is -2.33. The van der Waals surface area contributed by atoms with E-state index in [-0.39, 0.29) is 75.9 Å². The fourth-order valence-electron chi connectivity index (χ4n) is 18.3. The van der Waals surface area contributed by atoms with Crippen molar-refractivity contribution in [3.05, 3.63) is 294 Å². The van der Waals surface area contributed by atoms with Crippen LogP contribution in [0.25, 0.3) is 46.6 Å². The Morgan fingerprint density at radius 3 is 0.881 bits per heavy atom. The number of aryl methyl sites for hydroxylation is 2. The average Bonchev–Trinajstić information content (AvgIpc) is 1.32. The fourth-order valence-corrected chi connectivity index (χ4v) is 19.4. The van der Waals surface area contributed by atoms with Gasteiger partial charge >= 0.3 is 24.4 Å². The summed E-state index contributed by atoms with van der Waals surface area (Å²) in [5, 5.41) is 39.3. The Morgan fingerprint density at radius 1 is 0.321 bits per heavy atom. The first-order chi connectivity index (χ1) is 64.4. The number of carbonyl (C=O) groups is 8. The van der Waals surface area contributed by atoms with E-state index >= 15 is 0 Å². The molecule has 3 aliphatic carbocycles. The second-order valence-corrected chi connectivity index (χ2v) is 38.7. The number of carbonyl (C=O) groups excluding carboxylic acids is 8. The van der Waals surface area contributed by atoms with E-state index in [1.807, 2.05) is 19.6 Å². The van der Waals surface area contributed by atoms with E-state index in [1.54, 1.807) is 81.0 Å². The summed E-state index contributed by atoms with van der Waals surface area (Å²) in [6.45, 7) is 22.0. The first kappa shape index (κ1) is 98.9. The Kier molecular flexibility index (Phi) is 33.9. The summed E-state index contributed by atoms with van der Waals surface area (Å²) in [5.41, 5.74) is 26.5. The van der Waals surface area contributed by atoms with Gasteiger partial charge in [0.05, 0.1) is 44.6 Å². The predicted octanol–water partition coefficient (Wildman–Crippen LogP) is 18.5. The van der Waals surface area contributed by atoms with Gasteiger partial charge in [-0.05, 0) is 246 Å². The summed E-state index contributed by atoms with van der Waals surface area (Å²) in [6, 6.07) is 66.3. The Hall–Kier alpha value is -12.6. The van der Waals surface area contributed by atoms with Crippen LogP contribution in [0.15, 0.2) is 226 Å². The van der Waals surface area contributed by atoms with Crippen molar-refractivity contribution in [1.29, 1.82) is 0 Å². The minimum atomic E-state index is -0.677. The number of hydrogen-bond donors (Lipinski definition) is 7. The van der Waals surface area contributed by atoms with Gasteiger partial charge in [-0.3, -0.25) is 19.2 Å². The molecule has 3 atom stereocenters. The molecular formula is C110H128N8O15S. The van der Waals surface area contributed by atoms with Crippen molar-refractivity contribution in [1.82, 2.24) is 40.9 Å². The normalized spacial score (nSPS) is 16.1. The average molecular weight is 1830 g/mol. The van der Waals surface area contributed by atoms with Crippen molar-refractivity contribution in [2.45, 2.75) is 197 Å². The van der Waals surface area contributed by atoms with Crippen LogP contribution in [-0.4, -0.2) is 203 Å². The quantitative estimate of drug-likeness (QED) is 0.0469. The SMILES string of the molecule is CC(C)(C)OC(=O)NC(CO)CC(=O)N1CCC(=C2c3ccccc3C=Cc3ccccc32)CC1.CC(C)(C)OC(=O)NC(CO)CC(=O)N1CCC(=C2c3ccccc3Sc3ccccc32)CC1.CC(C)(C)OC(=O)NCC(=O)N1CCC(=C2c3ccccc3CCc3ccccc32)CC1.CCOC(=O)NC(CO)CC(=O)N1CCC(=C2c3ccccc3C=Cc3ccccc32)CC1. The number of alkyl carbamates (subject to hydrolysis) is 4. The van der Waals surface area contributed by atoms with Crippen molar-refractivity contribution in [2.75, 3.05) is 85.3 Å². The van der Waals surface area contributed by atoms with Gasteiger partial charge in [0.25, 0.3) is 0 Å². The molecule has 3 unspecified atom stereocenters. The molecule has 24 heteroatoms. The second kappa shape index (κ2) is 45.9. The monoisotopic (exact) mass is 1830 g/mol. The van der Waals surface area contributed by atoms with Gasteiger partial charge in [-0.25, -0.2) is 19.2 Å². The second-order valence-electron chi connectivity index (χ2n) is 37.6. The highest BCUT2D eigenvalue weighted by atomic mass is 32.2. The first-order valence-corrected chi connectivity index (χ1v) is 47.7. The molecule has 8 aromatic carbocycles. The molecule has 7 N–H and O–H groups in total. The van der Waals surface area contributed by atoms with E-state index in [0.717, 1.165) is 64.2 Å². The smallest absolute Gasteiger partial charge is 0.408 e. The minimum Gasteiger partial charge on any atom is -0.450 e. The van der Waals surface area contributed by atoms with E-state index in [2.05, 4.69) is 240 Å². The number of nitrogens with one attached hydrogen (secondary N) is 4. The molecule has 8 amide bonds. The number of piperidine rings is 4. The molecule has 134 heavy (non-hydrogen) atoms. The third kappa shape index (κ3) is 26.5. The number of benzene rings is 8.